The smallest absolute Gasteiger partial charge is 0.326 e. The van der Waals surface area contributed by atoms with E-state index >= 15 is 0 Å². The first-order valence-corrected chi connectivity index (χ1v) is 6.36. The summed E-state index contributed by atoms with van der Waals surface area (Å²) in [4.78, 5) is 22.0. The fourth-order valence-corrected chi connectivity index (χ4v) is 1.30. The normalized spacial score (nSPS) is 12.2. The first kappa shape index (κ1) is 16.7. The van der Waals surface area contributed by atoms with Gasteiger partial charge in [0.1, 0.15) is 6.04 Å². The Morgan fingerprint density at radius 3 is 2.44 bits per heavy atom. The van der Waals surface area contributed by atoms with Crippen LogP contribution in [0.3, 0.4) is 0 Å². The Balaban J connectivity index is 3.56. The van der Waals surface area contributed by atoms with Gasteiger partial charge in [-0.2, -0.15) is 0 Å². The quantitative estimate of drug-likeness (QED) is 0.546. The fraction of sp³-hybridized carbons (Fsp3) is 0.833. The van der Waals surface area contributed by atoms with Crippen LogP contribution in [0.1, 0.15) is 40.0 Å². The third-order valence-corrected chi connectivity index (χ3v) is 2.32. The van der Waals surface area contributed by atoms with Gasteiger partial charge < -0.3 is 20.5 Å². The highest BCUT2D eigenvalue weighted by molar-refractivity contribution is 5.82. The number of hydrogen-bond donors (Lipinski definition) is 3. The van der Waals surface area contributed by atoms with Crippen molar-refractivity contribution in [2.45, 2.75) is 52.2 Å². The predicted octanol–water partition coefficient (Wildman–Crippen LogP) is 1.35. The van der Waals surface area contributed by atoms with Gasteiger partial charge in [-0.3, -0.25) is 0 Å². The minimum Gasteiger partial charge on any atom is -0.480 e. The van der Waals surface area contributed by atoms with Gasteiger partial charge in [0.2, 0.25) is 0 Å². The number of aliphatic carboxylic acids is 1. The molecule has 0 saturated heterocycles. The lowest BCUT2D eigenvalue weighted by atomic mass is 10.2. The van der Waals surface area contributed by atoms with E-state index in [9.17, 15) is 9.59 Å². The highest BCUT2D eigenvalue weighted by Crippen LogP contribution is 1.94. The molecule has 0 rings (SSSR count). The number of hydrogen-bond acceptors (Lipinski definition) is 3. The second kappa shape index (κ2) is 9.70. The van der Waals surface area contributed by atoms with E-state index in [1.54, 1.807) is 6.92 Å². The van der Waals surface area contributed by atoms with Crippen molar-refractivity contribution < 1.29 is 19.4 Å². The van der Waals surface area contributed by atoms with Gasteiger partial charge in [-0.15, -0.1) is 0 Å². The van der Waals surface area contributed by atoms with Crippen LogP contribution in [0.25, 0.3) is 0 Å². The van der Waals surface area contributed by atoms with E-state index in [4.69, 9.17) is 9.84 Å². The van der Waals surface area contributed by atoms with Crippen molar-refractivity contribution in [2.75, 3.05) is 13.2 Å². The van der Waals surface area contributed by atoms with E-state index in [1.165, 1.54) is 0 Å². The summed E-state index contributed by atoms with van der Waals surface area (Å²) < 4.78 is 5.36. The molecule has 0 aliphatic heterocycles. The molecule has 0 saturated carbocycles. The molecule has 1 atom stereocenters. The molecule has 0 aliphatic rings. The van der Waals surface area contributed by atoms with Gasteiger partial charge in [0.15, 0.2) is 0 Å². The van der Waals surface area contributed by atoms with Crippen molar-refractivity contribution in [3.05, 3.63) is 0 Å². The van der Waals surface area contributed by atoms with E-state index in [2.05, 4.69) is 10.6 Å². The number of amides is 2. The van der Waals surface area contributed by atoms with Gasteiger partial charge in [0.05, 0.1) is 6.10 Å². The summed E-state index contributed by atoms with van der Waals surface area (Å²) in [5.41, 5.74) is 0. The van der Waals surface area contributed by atoms with Crippen LogP contribution in [0.2, 0.25) is 0 Å². The lowest BCUT2D eigenvalue weighted by Crippen LogP contribution is -2.45. The summed E-state index contributed by atoms with van der Waals surface area (Å²) in [6.45, 7) is 6.85. The number of unbranched alkanes of at least 4 members (excludes halogenated alkanes) is 1. The summed E-state index contributed by atoms with van der Waals surface area (Å²) in [5, 5.41) is 13.8. The van der Waals surface area contributed by atoms with Crippen LogP contribution in [0, 0.1) is 0 Å². The molecule has 0 bridgehead atoms. The zero-order chi connectivity index (χ0) is 14.0. The average molecular weight is 260 g/mol. The van der Waals surface area contributed by atoms with Crippen LogP contribution < -0.4 is 10.6 Å². The van der Waals surface area contributed by atoms with E-state index < -0.39 is 18.0 Å². The fourth-order valence-electron chi connectivity index (χ4n) is 1.30. The Kier molecular flexibility index (Phi) is 9.00. The molecule has 106 valence electrons. The molecule has 0 unspecified atom stereocenters. The summed E-state index contributed by atoms with van der Waals surface area (Å²) in [7, 11) is 0. The van der Waals surface area contributed by atoms with Gasteiger partial charge in [-0.1, -0.05) is 6.92 Å². The summed E-state index contributed by atoms with van der Waals surface area (Å²) >= 11 is 0. The maximum absolute atomic E-state index is 11.3. The van der Waals surface area contributed by atoms with Crippen LogP contribution in [0.5, 0.6) is 0 Å². The molecule has 0 aromatic rings. The lowest BCUT2D eigenvalue weighted by molar-refractivity contribution is -0.139. The van der Waals surface area contributed by atoms with Gasteiger partial charge in [-0.25, -0.2) is 9.59 Å². The van der Waals surface area contributed by atoms with Gasteiger partial charge in [-0.05, 0) is 33.1 Å². The molecule has 0 spiro atoms. The molecular weight excluding hydrogens is 236 g/mol. The third kappa shape index (κ3) is 8.81. The molecule has 0 aromatic carbocycles. The minimum absolute atomic E-state index is 0.224. The standard InChI is InChI=1S/C12H24N2O4/c1-4-10(11(15)16)14-12(17)13-7-5-6-8-18-9(2)3/h9-10H,4-8H2,1-3H3,(H,15,16)(H2,13,14,17)/t10-/m0/s1. The van der Waals surface area contributed by atoms with Crippen LogP contribution in [0.4, 0.5) is 4.79 Å². The summed E-state index contributed by atoms with van der Waals surface area (Å²) in [6.07, 6.45) is 2.27. The van der Waals surface area contributed by atoms with Crippen LogP contribution in [-0.2, 0) is 9.53 Å². The number of urea groups is 1. The van der Waals surface area contributed by atoms with Crippen molar-refractivity contribution in [1.82, 2.24) is 10.6 Å². The van der Waals surface area contributed by atoms with Crippen molar-refractivity contribution in [2.24, 2.45) is 0 Å². The zero-order valence-electron chi connectivity index (χ0n) is 11.4. The van der Waals surface area contributed by atoms with Crippen LogP contribution >= 0.6 is 0 Å². The van der Waals surface area contributed by atoms with Gasteiger partial charge >= 0.3 is 12.0 Å². The Morgan fingerprint density at radius 1 is 1.28 bits per heavy atom. The Morgan fingerprint density at radius 2 is 1.94 bits per heavy atom. The third-order valence-electron chi connectivity index (χ3n) is 2.32. The molecule has 0 heterocycles. The molecule has 0 aromatic heterocycles. The molecule has 0 radical (unpaired) electrons. The first-order chi connectivity index (χ1) is 8.47. The number of nitrogens with one attached hydrogen (secondary N) is 2. The molecule has 2 amide bonds. The van der Waals surface area contributed by atoms with Gasteiger partial charge in [0, 0.05) is 13.2 Å². The second-order valence-electron chi connectivity index (χ2n) is 4.33. The lowest BCUT2D eigenvalue weighted by Gasteiger charge is -2.13. The summed E-state index contributed by atoms with van der Waals surface area (Å²) in [6, 6.07) is -1.26. The average Bonchev–Trinajstić information content (AvgIpc) is 2.29. The zero-order valence-corrected chi connectivity index (χ0v) is 11.4. The van der Waals surface area contributed by atoms with E-state index in [0.29, 0.717) is 19.6 Å². The first-order valence-electron chi connectivity index (χ1n) is 6.36. The SMILES string of the molecule is CC[C@H](NC(=O)NCCCCOC(C)C)C(=O)O. The van der Waals surface area contributed by atoms with Gasteiger partial charge in [0.25, 0.3) is 0 Å². The number of carboxylic acids is 1. The topological polar surface area (TPSA) is 87.7 Å². The van der Waals surface area contributed by atoms with Crippen LogP contribution in [0.15, 0.2) is 0 Å². The number of carbonyl (C=O) groups excluding carboxylic acids is 1. The van der Waals surface area contributed by atoms with E-state index in [1.807, 2.05) is 13.8 Å². The molecule has 0 fully saturated rings. The number of rotatable bonds is 9. The second-order valence-corrected chi connectivity index (χ2v) is 4.33. The van der Waals surface area contributed by atoms with Crippen molar-refractivity contribution in [3.8, 4) is 0 Å². The predicted molar refractivity (Wildman–Crippen MR) is 68.6 cm³/mol. The highest BCUT2D eigenvalue weighted by atomic mass is 16.5. The molecule has 0 aliphatic carbocycles. The minimum atomic E-state index is -1.02. The number of carbonyl (C=O) groups is 2. The molecule has 18 heavy (non-hydrogen) atoms. The van der Waals surface area contributed by atoms with Crippen LogP contribution in [-0.4, -0.2) is 42.4 Å². The largest absolute Gasteiger partial charge is 0.480 e. The Hall–Kier alpha value is -1.30. The monoisotopic (exact) mass is 260 g/mol. The van der Waals surface area contributed by atoms with Crippen molar-refractivity contribution in [1.29, 1.82) is 0 Å². The highest BCUT2D eigenvalue weighted by Gasteiger charge is 2.16. The molecular formula is C12H24N2O4. The van der Waals surface area contributed by atoms with E-state index in [-0.39, 0.29) is 6.10 Å². The maximum atomic E-state index is 11.3. The number of carboxylic acid groups (broad SMARTS) is 1. The Labute approximate surface area is 108 Å². The Bertz CT molecular complexity index is 256. The number of ether oxygens (including phenoxy) is 1. The van der Waals surface area contributed by atoms with Crippen molar-refractivity contribution in [3.63, 3.8) is 0 Å². The molecule has 3 N–H and O–H groups in total. The molecule has 6 heteroatoms. The summed E-state index contributed by atoms with van der Waals surface area (Å²) in [5.74, 6) is -1.02. The van der Waals surface area contributed by atoms with E-state index in [0.717, 1.165) is 12.8 Å². The van der Waals surface area contributed by atoms with Crippen molar-refractivity contribution >= 4 is 12.0 Å². The molecule has 6 nitrogen and oxygen atoms in total. The maximum Gasteiger partial charge on any atom is 0.326 e.